The van der Waals surface area contributed by atoms with Gasteiger partial charge in [0.15, 0.2) is 0 Å². The van der Waals surface area contributed by atoms with E-state index >= 15 is 0 Å². The zero-order valence-electron chi connectivity index (χ0n) is 10.5. The van der Waals surface area contributed by atoms with Gasteiger partial charge in [-0.15, -0.1) is 0 Å². The standard InChI is InChI=1S/C12H22N2O2/c1-9-11(13-10(2)15)8-12(16-9)4-6-14(3)7-5-12/h9,11H,4-8H2,1-3H3,(H,13,15). The van der Waals surface area contributed by atoms with E-state index in [2.05, 4.69) is 24.2 Å². The van der Waals surface area contributed by atoms with Gasteiger partial charge in [0.1, 0.15) is 0 Å². The molecule has 0 bridgehead atoms. The molecule has 1 amide bonds. The quantitative estimate of drug-likeness (QED) is 0.718. The summed E-state index contributed by atoms with van der Waals surface area (Å²) in [5, 5.41) is 3.00. The average Bonchev–Trinajstić information content (AvgIpc) is 2.49. The van der Waals surface area contributed by atoms with Crippen LogP contribution in [0.15, 0.2) is 0 Å². The van der Waals surface area contributed by atoms with Gasteiger partial charge in [-0.2, -0.15) is 0 Å². The Bertz CT molecular complexity index is 272. The zero-order valence-corrected chi connectivity index (χ0v) is 10.5. The minimum atomic E-state index is 0.0268. The number of hydrogen-bond acceptors (Lipinski definition) is 3. The van der Waals surface area contributed by atoms with Gasteiger partial charge < -0.3 is 15.0 Å². The fraction of sp³-hybridized carbons (Fsp3) is 0.917. The first-order valence-corrected chi connectivity index (χ1v) is 6.14. The number of carbonyl (C=O) groups is 1. The molecule has 0 aromatic carbocycles. The molecular weight excluding hydrogens is 204 g/mol. The predicted molar refractivity (Wildman–Crippen MR) is 62.2 cm³/mol. The number of hydrogen-bond donors (Lipinski definition) is 1. The Labute approximate surface area is 97.3 Å². The molecule has 4 heteroatoms. The molecule has 1 N–H and O–H groups in total. The minimum absolute atomic E-state index is 0.0268. The Hall–Kier alpha value is -0.610. The van der Waals surface area contributed by atoms with E-state index in [4.69, 9.17) is 4.74 Å². The highest BCUT2D eigenvalue weighted by molar-refractivity contribution is 5.73. The van der Waals surface area contributed by atoms with Crippen molar-refractivity contribution in [2.45, 2.75) is 50.9 Å². The van der Waals surface area contributed by atoms with Gasteiger partial charge in [-0.25, -0.2) is 0 Å². The lowest BCUT2D eigenvalue weighted by molar-refractivity contribution is -0.120. The normalized spacial score (nSPS) is 34.2. The molecule has 0 saturated carbocycles. The van der Waals surface area contributed by atoms with E-state index in [0.29, 0.717) is 0 Å². The Morgan fingerprint density at radius 3 is 2.62 bits per heavy atom. The summed E-state index contributed by atoms with van der Waals surface area (Å²) in [6, 6.07) is 0.195. The largest absolute Gasteiger partial charge is 0.370 e. The summed E-state index contributed by atoms with van der Waals surface area (Å²) < 4.78 is 6.11. The molecule has 2 aliphatic heterocycles. The molecule has 2 rings (SSSR count). The molecule has 0 radical (unpaired) electrons. The second-order valence-electron chi connectivity index (χ2n) is 5.32. The molecule has 2 fully saturated rings. The molecular formula is C12H22N2O2. The van der Waals surface area contributed by atoms with Crippen molar-refractivity contribution in [1.29, 1.82) is 0 Å². The number of rotatable bonds is 1. The summed E-state index contributed by atoms with van der Waals surface area (Å²) in [5.74, 6) is 0.0467. The topological polar surface area (TPSA) is 41.6 Å². The van der Waals surface area contributed by atoms with E-state index in [-0.39, 0.29) is 23.7 Å². The van der Waals surface area contributed by atoms with Crippen LogP contribution in [0.2, 0.25) is 0 Å². The summed E-state index contributed by atoms with van der Waals surface area (Å²) in [6.45, 7) is 5.83. The summed E-state index contributed by atoms with van der Waals surface area (Å²) in [4.78, 5) is 13.4. The number of carbonyl (C=O) groups excluding carboxylic acids is 1. The first-order valence-electron chi connectivity index (χ1n) is 6.14. The molecule has 2 atom stereocenters. The average molecular weight is 226 g/mol. The third kappa shape index (κ3) is 2.38. The lowest BCUT2D eigenvalue weighted by Gasteiger charge is -2.37. The van der Waals surface area contributed by atoms with Crippen molar-refractivity contribution in [2.75, 3.05) is 20.1 Å². The molecule has 2 saturated heterocycles. The van der Waals surface area contributed by atoms with Gasteiger partial charge in [0, 0.05) is 20.0 Å². The first kappa shape index (κ1) is 11.9. The van der Waals surface area contributed by atoms with E-state index in [1.54, 1.807) is 6.92 Å². The predicted octanol–water partition coefficient (Wildman–Crippen LogP) is 0.764. The number of ether oxygens (including phenoxy) is 1. The SMILES string of the molecule is CC(=O)NC1CC2(CCN(C)CC2)OC1C. The van der Waals surface area contributed by atoms with Crippen LogP contribution < -0.4 is 5.32 Å². The Balaban J connectivity index is 1.97. The Morgan fingerprint density at radius 1 is 1.44 bits per heavy atom. The molecule has 4 nitrogen and oxygen atoms in total. The van der Waals surface area contributed by atoms with Crippen molar-refractivity contribution < 1.29 is 9.53 Å². The molecule has 0 aromatic rings. The lowest BCUT2D eigenvalue weighted by atomic mass is 9.87. The number of nitrogens with zero attached hydrogens (tertiary/aromatic N) is 1. The highest BCUT2D eigenvalue weighted by Gasteiger charge is 2.45. The maximum atomic E-state index is 11.1. The van der Waals surface area contributed by atoms with E-state index in [1.165, 1.54) is 0 Å². The van der Waals surface area contributed by atoms with Crippen LogP contribution in [0, 0.1) is 0 Å². The number of amides is 1. The highest BCUT2D eigenvalue weighted by Crippen LogP contribution is 2.38. The fourth-order valence-electron chi connectivity index (χ4n) is 2.87. The van der Waals surface area contributed by atoms with E-state index in [0.717, 1.165) is 32.4 Å². The monoisotopic (exact) mass is 226 g/mol. The number of likely N-dealkylation sites (tertiary alicyclic amines) is 1. The molecule has 1 spiro atoms. The molecule has 0 aromatic heterocycles. The van der Waals surface area contributed by atoms with Crippen LogP contribution in [0.4, 0.5) is 0 Å². The van der Waals surface area contributed by atoms with Crippen molar-refractivity contribution in [3.63, 3.8) is 0 Å². The van der Waals surface area contributed by atoms with E-state index in [9.17, 15) is 4.79 Å². The third-order valence-corrected chi connectivity index (χ3v) is 3.88. The van der Waals surface area contributed by atoms with Crippen LogP contribution in [0.25, 0.3) is 0 Å². The van der Waals surface area contributed by atoms with Crippen LogP contribution >= 0.6 is 0 Å². The fourth-order valence-corrected chi connectivity index (χ4v) is 2.87. The number of piperidine rings is 1. The molecule has 16 heavy (non-hydrogen) atoms. The number of nitrogens with one attached hydrogen (secondary N) is 1. The van der Waals surface area contributed by atoms with Gasteiger partial charge >= 0.3 is 0 Å². The second-order valence-corrected chi connectivity index (χ2v) is 5.32. The van der Waals surface area contributed by atoms with Gasteiger partial charge in [0.05, 0.1) is 17.7 Å². The maximum Gasteiger partial charge on any atom is 0.217 e. The van der Waals surface area contributed by atoms with Crippen molar-refractivity contribution in [2.24, 2.45) is 0 Å². The van der Waals surface area contributed by atoms with Crippen LogP contribution in [-0.2, 0) is 9.53 Å². The van der Waals surface area contributed by atoms with Crippen LogP contribution in [0.5, 0.6) is 0 Å². The molecule has 2 aliphatic rings. The van der Waals surface area contributed by atoms with Gasteiger partial charge in [-0.3, -0.25) is 4.79 Å². The van der Waals surface area contributed by atoms with E-state index in [1.807, 2.05) is 0 Å². The van der Waals surface area contributed by atoms with Gasteiger partial charge in [-0.05, 0) is 33.2 Å². The summed E-state index contributed by atoms with van der Waals surface area (Å²) in [6.07, 6.45) is 3.29. The summed E-state index contributed by atoms with van der Waals surface area (Å²) >= 11 is 0. The lowest BCUT2D eigenvalue weighted by Crippen LogP contribution is -2.43. The van der Waals surface area contributed by atoms with Crippen LogP contribution in [0.1, 0.15) is 33.1 Å². The Kier molecular flexibility index (Phi) is 3.22. The molecule has 92 valence electrons. The van der Waals surface area contributed by atoms with Gasteiger partial charge in [0.2, 0.25) is 5.91 Å². The minimum Gasteiger partial charge on any atom is -0.370 e. The second kappa shape index (κ2) is 4.34. The first-order chi connectivity index (χ1) is 7.51. The van der Waals surface area contributed by atoms with Gasteiger partial charge in [0.25, 0.3) is 0 Å². The third-order valence-electron chi connectivity index (χ3n) is 3.88. The maximum absolute atomic E-state index is 11.1. The molecule has 0 aliphatic carbocycles. The van der Waals surface area contributed by atoms with Crippen molar-refractivity contribution in [3.05, 3.63) is 0 Å². The van der Waals surface area contributed by atoms with E-state index < -0.39 is 0 Å². The van der Waals surface area contributed by atoms with Crippen molar-refractivity contribution in [3.8, 4) is 0 Å². The molecule has 2 unspecified atom stereocenters. The van der Waals surface area contributed by atoms with Crippen LogP contribution in [0.3, 0.4) is 0 Å². The van der Waals surface area contributed by atoms with Crippen LogP contribution in [-0.4, -0.2) is 48.7 Å². The van der Waals surface area contributed by atoms with Crippen molar-refractivity contribution >= 4 is 5.91 Å². The Morgan fingerprint density at radius 2 is 2.06 bits per heavy atom. The van der Waals surface area contributed by atoms with Crippen molar-refractivity contribution in [1.82, 2.24) is 10.2 Å². The zero-order chi connectivity index (χ0) is 11.8. The highest BCUT2D eigenvalue weighted by atomic mass is 16.5. The smallest absolute Gasteiger partial charge is 0.217 e. The summed E-state index contributed by atoms with van der Waals surface area (Å²) in [5.41, 5.74) is 0.0268. The molecule has 2 heterocycles. The van der Waals surface area contributed by atoms with Gasteiger partial charge in [-0.1, -0.05) is 0 Å². The summed E-state index contributed by atoms with van der Waals surface area (Å²) in [7, 11) is 2.15.